The molecule has 1 unspecified atom stereocenters. The molecule has 0 spiro atoms. The molecule has 1 aliphatic rings. The van der Waals surface area contributed by atoms with Crippen LogP contribution in [0.2, 0.25) is 0 Å². The predicted molar refractivity (Wildman–Crippen MR) is 82.4 cm³/mol. The van der Waals surface area contributed by atoms with Crippen LogP contribution in [0.5, 0.6) is 0 Å². The van der Waals surface area contributed by atoms with E-state index in [1.165, 1.54) is 51.4 Å². The minimum atomic E-state index is 0. The maximum absolute atomic E-state index is 2.44. The Balaban J connectivity index is 0. The van der Waals surface area contributed by atoms with Crippen LogP contribution >= 0.6 is 24.8 Å². The third-order valence-corrected chi connectivity index (χ3v) is 4.22. The minimum Gasteiger partial charge on any atom is -0.147 e. The van der Waals surface area contributed by atoms with Gasteiger partial charge in [-0.3, -0.25) is 0 Å². The monoisotopic (exact) mass is 325 g/mol. The number of unbranched alkanes of at least 4 members (excludes halogenated alkanes) is 4. The average Bonchev–Trinajstić information content (AvgIpc) is 2.62. The first kappa shape index (κ1) is 21.1. The average molecular weight is 326 g/mol. The zero-order valence-corrected chi connectivity index (χ0v) is 14.9. The Hall–Kier alpha value is 0.774. The second kappa shape index (κ2) is 12.8. The quantitative estimate of drug-likeness (QED) is 0.380. The first-order chi connectivity index (χ1) is 7.79. The molecule has 0 amide bonds. The summed E-state index contributed by atoms with van der Waals surface area (Å²) >= 11 is 2.29. The standard InChI is InChI=1S/C15H25.2ClH.Ti/c1-3-5-7-10-14-12-9-13-15(14)11-8-6-4-2;;;/h9,12,14H,3-8,10-11H2,1-2H3;2*1H;. The zero-order chi connectivity index (χ0) is 11.8. The number of allylic oxidation sites excluding steroid dienone is 4. The van der Waals surface area contributed by atoms with Crippen molar-refractivity contribution in [1.82, 2.24) is 0 Å². The third kappa shape index (κ3) is 7.38. The van der Waals surface area contributed by atoms with Gasteiger partial charge in [0.05, 0.1) is 0 Å². The SMILES string of the molecule is CCCCCC1=[C]([Ti])C=CC1CCCCC.Cl.Cl. The molecule has 3 heteroatoms. The molecule has 0 saturated carbocycles. The van der Waals surface area contributed by atoms with E-state index in [0.29, 0.717) is 0 Å². The Kier molecular flexibility index (Phi) is 15.0. The van der Waals surface area contributed by atoms with Crippen molar-refractivity contribution in [3.63, 3.8) is 0 Å². The Morgan fingerprint density at radius 2 is 1.61 bits per heavy atom. The molecule has 0 fully saturated rings. The van der Waals surface area contributed by atoms with E-state index >= 15 is 0 Å². The molecule has 18 heavy (non-hydrogen) atoms. The van der Waals surface area contributed by atoms with Crippen molar-refractivity contribution in [3.05, 3.63) is 21.6 Å². The van der Waals surface area contributed by atoms with Crippen LogP contribution in [0.4, 0.5) is 0 Å². The molecule has 1 atom stereocenters. The summed E-state index contributed by atoms with van der Waals surface area (Å²) in [7, 11) is 0. The smallest absolute Gasteiger partial charge is 0.147 e. The molecule has 1 rings (SSSR count). The van der Waals surface area contributed by atoms with Gasteiger partial charge < -0.3 is 0 Å². The van der Waals surface area contributed by atoms with Gasteiger partial charge in [0, 0.05) is 0 Å². The first-order valence-electron chi connectivity index (χ1n) is 6.92. The molecule has 0 nitrogen and oxygen atoms in total. The van der Waals surface area contributed by atoms with Gasteiger partial charge >= 0.3 is 113 Å². The minimum absolute atomic E-state index is 0. The van der Waals surface area contributed by atoms with Gasteiger partial charge in [0.2, 0.25) is 0 Å². The van der Waals surface area contributed by atoms with Crippen molar-refractivity contribution in [2.24, 2.45) is 5.92 Å². The molecule has 0 aromatic heterocycles. The number of rotatable bonds is 8. The van der Waals surface area contributed by atoms with Crippen molar-refractivity contribution < 1.29 is 20.4 Å². The van der Waals surface area contributed by atoms with E-state index in [-0.39, 0.29) is 24.8 Å². The second-order valence-corrected chi connectivity index (χ2v) is 5.70. The molecule has 0 N–H and O–H groups in total. The molecule has 0 aromatic rings. The van der Waals surface area contributed by atoms with Crippen molar-refractivity contribution >= 4 is 24.8 Å². The van der Waals surface area contributed by atoms with Crippen molar-refractivity contribution in [2.45, 2.75) is 65.2 Å². The molecule has 0 aliphatic heterocycles. The maximum atomic E-state index is 2.44. The van der Waals surface area contributed by atoms with Crippen LogP contribution in [0.15, 0.2) is 21.6 Å². The van der Waals surface area contributed by atoms with E-state index < -0.39 is 0 Å². The second-order valence-electron chi connectivity index (χ2n) is 4.86. The van der Waals surface area contributed by atoms with Crippen LogP contribution in [0.25, 0.3) is 0 Å². The molecule has 105 valence electrons. The fourth-order valence-corrected chi connectivity index (χ4v) is 3.04. The van der Waals surface area contributed by atoms with Crippen molar-refractivity contribution in [2.75, 3.05) is 0 Å². The number of hydrogen-bond donors (Lipinski definition) is 0. The third-order valence-electron chi connectivity index (χ3n) is 3.46. The summed E-state index contributed by atoms with van der Waals surface area (Å²) in [6.45, 7) is 4.57. The van der Waals surface area contributed by atoms with Gasteiger partial charge in [0.25, 0.3) is 0 Å². The molecule has 0 heterocycles. The summed E-state index contributed by atoms with van der Waals surface area (Å²) in [5.74, 6) is 0.781. The Morgan fingerprint density at radius 1 is 1.00 bits per heavy atom. The van der Waals surface area contributed by atoms with Gasteiger partial charge in [-0.15, -0.1) is 24.8 Å². The number of hydrogen-bond acceptors (Lipinski definition) is 0. The van der Waals surface area contributed by atoms with Gasteiger partial charge in [-0.2, -0.15) is 0 Å². The van der Waals surface area contributed by atoms with E-state index in [1.54, 1.807) is 9.45 Å². The van der Waals surface area contributed by atoms with Crippen LogP contribution in [0.3, 0.4) is 0 Å². The van der Waals surface area contributed by atoms with Crippen LogP contribution in [0, 0.1) is 5.92 Å². The largest absolute Gasteiger partial charge is 0.147 e. The van der Waals surface area contributed by atoms with Gasteiger partial charge in [0.15, 0.2) is 0 Å². The van der Waals surface area contributed by atoms with E-state index in [1.807, 2.05) is 0 Å². The van der Waals surface area contributed by atoms with E-state index in [2.05, 4.69) is 46.4 Å². The molecular formula is C15H27Cl2Ti. The van der Waals surface area contributed by atoms with Gasteiger partial charge in [-0.05, 0) is 0 Å². The van der Waals surface area contributed by atoms with Gasteiger partial charge in [-0.25, -0.2) is 0 Å². The fraction of sp³-hybridized carbons (Fsp3) is 0.733. The van der Waals surface area contributed by atoms with E-state index in [9.17, 15) is 0 Å². The van der Waals surface area contributed by atoms with Crippen molar-refractivity contribution in [1.29, 1.82) is 0 Å². The molecule has 0 aromatic carbocycles. The van der Waals surface area contributed by atoms with Crippen LogP contribution in [-0.2, 0) is 20.4 Å². The van der Waals surface area contributed by atoms with E-state index in [0.717, 1.165) is 5.92 Å². The molecule has 0 bridgehead atoms. The van der Waals surface area contributed by atoms with E-state index in [4.69, 9.17) is 0 Å². The summed E-state index contributed by atoms with van der Waals surface area (Å²) in [5, 5.41) is 0. The maximum Gasteiger partial charge on any atom is -0.147 e. The molecule has 1 aliphatic carbocycles. The topological polar surface area (TPSA) is 0 Å². The summed E-state index contributed by atoms with van der Waals surface area (Å²) < 4.78 is 1.55. The van der Waals surface area contributed by atoms with Gasteiger partial charge in [-0.1, -0.05) is 0 Å². The van der Waals surface area contributed by atoms with Gasteiger partial charge in [0.1, 0.15) is 0 Å². The Bertz CT molecular complexity index is 259. The van der Waals surface area contributed by atoms with Crippen LogP contribution in [-0.4, -0.2) is 0 Å². The summed E-state index contributed by atoms with van der Waals surface area (Å²) in [6, 6.07) is 0. The van der Waals surface area contributed by atoms with Crippen LogP contribution in [0.1, 0.15) is 65.2 Å². The normalized spacial score (nSPS) is 17.5. The summed E-state index contributed by atoms with van der Waals surface area (Å²) in [4.78, 5) is 0. The fourth-order valence-electron chi connectivity index (χ4n) is 2.41. The summed E-state index contributed by atoms with van der Waals surface area (Å²) in [5.41, 5.74) is 1.74. The molecule has 0 radical (unpaired) electrons. The molecular weight excluding hydrogens is 299 g/mol. The molecule has 0 saturated heterocycles. The van der Waals surface area contributed by atoms with Crippen LogP contribution < -0.4 is 0 Å². The summed E-state index contributed by atoms with van der Waals surface area (Å²) in [6.07, 6.45) is 15.7. The zero-order valence-electron chi connectivity index (χ0n) is 11.7. The first-order valence-corrected chi connectivity index (χ1v) is 7.70. The Labute approximate surface area is 137 Å². The number of halogens is 2. The predicted octanol–water partition coefficient (Wildman–Crippen LogP) is 5.98. The van der Waals surface area contributed by atoms with Crippen molar-refractivity contribution in [3.8, 4) is 0 Å². The Morgan fingerprint density at radius 3 is 2.22 bits per heavy atom.